The van der Waals surface area contributed by atoms with Crippen LogP contribution in [-0.2, 0) is 0 Å². The highest BCUT2D eigenvalue weighted by atomic mass is 35.5. The van der Waals surface area contributed by atoms with E-state index in [1.807, 2.05) is 0 Å². The van der Waals surface area contributed by atoms with Crippen LogP contribution in [0.15, 0.2) is 40.6 Å². The molecule has 0 amide bonds. The number of aliphatic imine (C=N–C) groups is 1. The lowest BCUT2D eigenvalue weighted by atomic mass is 10.2. The van der Waals surface area contributed by atoms with Gasteiger partial charge in [0, 0.05) is 11.1 Å². The standard InChI is InChI=1S/C14H12ClF3N3PS/c1-8-4-9(15)12(23-6-14(16,17)18)5-11(8)21-13(22)10-2-3-19-7-20-10/h2-5,7H,6,22H2,1H3/b21-13-. The molecule has 0 aliphatic heterocycles. The number of nitrogens with zero attached hydrogens (tertiary/aromatic N) is 3. The molecule has 23 heavy (non-hydrogen) atoms. The molecule has 0 aliphatic rings. The van der Waals surface area contributed by atoms with Crippen molar-refractivity contribution in [2.45, 2.75) is 18.0 Å². The number of thioether (sulfide) groups is 1. The number of alkyl halides is 3. The van der Waals surface area contributed by atoms with Crippen molar-refractivity contribution < 1.29 is 13.2 Å². The van der Waals surface area contributed by atoms with Gasteiger partial charge in [-0.2, -0.15) is 13.2 Å². The molecule has 0 saturated carbocycles. The van der Waals surface area contributed by atoms with Gasteiger partial charge in [-0.15, -0.1) is 11.8 Å². The van der Waals surface area contributed by atoms with Crippen molar-refractivity contribution in [2.24, 2.45) is 4.99 Å². The van der Waals surface area contributed by atoms with Gasteiger partial charge >= 0.3 is 6.18 Å². The molecule has 0 N–H and O–H groups in total. The third kappa shape index (κ3) is 5.44. The van der Waals surface area contributed by atoms with Crippen LogP contribution in [0.1, 0.15) is 11.3 Å². The highest BCUT2D eigenvalue weighted by molar-refractivity contribution is 7.99. The Morgan fingerprint density at radius 3 is 2.74 bits per heavy atom. The predicted molar refractivity (Wildman–Crippen MR) is 90.9 cm³/mol. The van der Waals surface area contributed by atoms with Crippen molar-refractivity contribution in [3.63, 3.8) is 0 Å². The number of aryl methyl sites for hydroxylation is 1. The van der Waals surface area contributed by atoms with E-state index in [1.54, 1.807) is 31.3 Å². The Hall–Kier alpha value is -1.17. The van der Waals surface area contributed by atoms with E-state index in [4.69, 9.17) is 11.6 Å². The van der Waals surface area contributed by atoms with E-state index in [1.165, 1.54) is 6.33 Å². The van der Waals surface area contributed by atoms with Crippen molar-refractivity contribution in [3.8, 4) is 0 Å². The van der Waals surface area contributed by atoms with E-state index in [9.17, 15) is 13.2 Å². The molecule has 0 radical (unpaired) electrons. The maximum atomic E-state index is 12.4. The van der Waals surface area contributed by atoms with Crippen LogP contribution >= 0.6 is 32.6 Å². The molecule has 1 aromatic heterocycles. The maximum Gasteiger partial charge on any atom is 0.398 e. The number of hydrogen-bond acceptors (Lipinski definition) is 4. The van der Waals surface area contributed by atoms with Gasteiger partial charge in [-0.05, 0) is 30.7 Å². The van der Waals surface area contributed by atoms with Crippen LogP contribution in [0.5, 0.6) is 0 Å². The Bertz CT molecular complexity index is 723. The smallest absolute Gasteiger partial charge is 0.247 e. The maximum absolute atomic E-state index is 12.4. The normalized spacial score (nSPS) is 12.5. The molecule has 0 saturated heterocycles. The molecule has 2 aromatic rings. The van der Waals surface area contributed by atoms with Crippen LogP contribution in [0.2, 0.25) is 5.02 Å². The summed E-state index contributed by atoms with van der Waals surface area (Å²) in [4.78, 5) is 12.6. The molecule has 0 aliphatic carbocycles. The first-order valence-electron chi connectivity index (χ1n) is 6.36. The fourth-order valence-corrected chi connectivity index (χ4v) is 3.06. The Morgan fingerprint density at radius 2 is 2.13 bits per heavy atom. The number of hydrogen-bond donors (Lipinski definition) is 0. The summed E-state index contributed by atoms with van der Waals surface area (Å²) < 4.78 is 37.1. The van der Waals surface area contributed by atoms with Crippen molar-refractivity contribution in [2.75, 3.05) is 5.75 Å². The van der Waals surface area contributed by atoms with E-state index in [0.29, 0.717) is 33.5 Å². The summed E-state index contributed by atoms with van der Waals surface area (Å²) >= 11 is 6.66. The SMILES string of the molecule is Cc1cc(Cl)c(SCC(F)(F)F)cc1/N=C(\P)c1ccncn1. The Balaban J connectivity index is 2.32. The summed E-state index contributed by atoms with van der Waals surface area (Å²) in [5, 5.41) is 0.281. The minimum absolute atomic E-state index is 0.281. The van der Waals surface area contributed by atoms with Crippen molar-refractivity contribution in [3.05, 3.63) is 47.0 Å². The van der Waals surface area contributed by atoms with Gasteiger partial charge in [0.15, 0.2) is 0 Å². The fraction of sp³-hybridized carbons (Fsp3) is 0.214. The zero-order valence-corrected chi connectivity index (χ0v) is 14.7. The molecule has 0 spiro atoms. The predicted octanol–water partition coefficient (Wildman–Crippen LogP) is 5.05. The quantitative estimate of drug-likeness (QED) is 0.425. The highest BCUT2D eigenvalue weighted by Gasteiger charge is 2.27. The lowest BCUT2D eigenvalue weighted by Crippen LogP contribution is -2.10. The first-order valence-corrected chi connectivity index (χ1v) is 8.30. The lowest BCUT2D eigenvalue weighted by molar-refractivity contribution is -0.105. The largest absolute Gasteiger partial charge is 0.398 e. The summed E-state index contributed by atoms with van der Waals surface area (Å²) in [6.45, 7) is 1.79. The lowest BCUT2D eigenvalue weighted by Gasteiger charge is -2.10. The van der Waals surface area contributed by atoms with Crippen molar-refractivity contribution in [1.82, 2.24) is 9.97 Å². The zero-order chi connectivity index (χ0) is 17.0. The van der Waals surface area contributed by atoms with E-state index >= 15 is 0 Å². The molecule has 2 rings (SSSR count). The second-order valence-corrected chi connectivity index (χ2v) is 6.54. The summed E-state index contributed by atoms with van der Waals surface area (Å²) in [7, 11) is 2.46. The number of benzene rings is 1. The van der Waals surface area contributed by atoms with Gasteiger partial charge in [0.1, 0.15) is 6.33 Å². The Labute approximate surface area is 143 Å². The average Bonchev–Trinajstić information content (AvgIpc) is 2.48. The second-order valence-electron chi connectivity index (χ2n) is 4.56. The van der Waals surface area contributed by atoms with Crippen LogP contribution in [0.4, 0.5) is 18.9 Å². The minimum atomic E-state index is -4.25. The van der Waals surface area contributed by atoms with Gasteiger partial charge in [-0.25, -0.2) is 15.0 Å². The van der Waals surface area contributed by atoms with E-state index in [2.05, 4.69) is 24.2 Å². The molecule has 122 valence electrons. The van der Waals surface area contributed by atoms with Gasteiger partial charge < -0.3 is 0 Å². The Morgan fingerprint density at radius 1 is 1.39 bits per heavy atom. The molecule has 0 fully saturated rings. The molecule has 1 atom stereocenters. The summed E-state index contributed by atoms with van der Waals surface area (Å²) in [5.41, 5.74) is 2.48. The molecular formula is C14H12ClF3N3PS. The molecule has 0 bridgehead atoms. The highest BCUT2D eigenvalue weighted by Crippen LogP contribution is 2.36. The van der Waals surface area contributed by atoms with Crippen LogP contribution in [-0.4, -0.2) is 27.3 Å². The van der Waals surface area contributed by atoms with Crippen molar-refractivity contribution >= 4 is 43.7 Å². The van der Waals surface area contributed by atoms with Crippen LogP contribution in [0, 0.1) is 6.92 Å². The van der Waals surface area contributed by atoms with Gasteiger partial charge in [0.05, 0.1) is 27.6 Å². The first kappa shape index (κ1) is 18.2. The first-order chi connectivity index (χ1) is 10.8. The zero-order valence-electron chi connectivity index (χ0n) is 11.9. The number of aromatic nitrogens is 2. The fourth-order valence-electron chi connectivity index (χ4n) is 1.66. The van der Waals surface area contributed by atoms with Gasteiger partial charge in [-0.3, -0.25) is 0 Å². The molecule has 9 heteroatoms. The summed E-state index contributed by atoms with van der Waals surface area (Å²) in [6.07, 6.45) is -1.27. The molecular weight excluding hydrogens is 366 g/mol. The second kappa shape index (κ2) is 7.60. The molecule has 1 aromatic carbocycles. The van der Waals surface area contributed by atoms with Crippen LogP contribution in [0.25, 0.3) is 0 Å². The van der Waals surface area contributed by atoms with Crippen LogP contribution < -0.4 is 0 Å². The molecule has 1 heterocycles. The van der Waals surface area contributed by atoms with Gasteiger partial charge in [-0.1, -0.05) is 20.8 Å². The summed E-state index contributed by atoms with van der Waals surface area (Å²) in [6, 6.07) is 4.85. The molecule has 3 nitrogen and oxygen atoms in total. The molecule has 1 unspecified atom stereocenters. The number of halogens is 4. The topological polar surface area (TPSA) is 38.1 Å². The number of rotatable bonds is 4. The van der Waals surface area contributed by atoms with E-state index in [0.717, 1.165) is 5.56 Å². The van der Waals surface area contributed by atoms with E-state index < -0.39 is 11.9 Å². The average molecular weight is 378 g/mol. The third-order valence-electron chi connectivity index (χ3n) is 2.73. The summed E-state index contributed by atoms with van der Waals surface area (Å²) in [5.74, 6) is -1.00. The monoisotopic (exact) mass is 377 g/mol. The Kier molecular flexibility index (Phi) is 6.00. The van der Waals surface area contributed by atoms with Gasteiger partial charge in [0.25, 0.3) is 0 Å². The van der Waals surface area contributed by atoms with Crippen LogP contribution in [0.3, 0.4) is 0 Å². The minimum Gasteiger partial charge on any atom is -0.247 e. The van der Waals surface area contributed by atoms with E-state index in [-0.39, 0.29) is 5.02 Å². The third-order valence-corrected chi connectivity index (χ3v) is 4.70. The van der Waals surface area contributed by atoms with Gasteiger partial charge in [0.2, 0.25) is 0 Å². The van der Waals surface area contributed by atoms with Crippen molar-refractivity contribution in [1.29, 1.82) is 0 Å².